The second-order valence-corrected chi connectivity index (χ2v) is 4.63. The van der Waals surface area contributed by atoms with Gasteiger partial charge in [-0.25, -0.2) is 9.37 Å². The zero-order chi connectivity index (χ0) is 12.4. The van der Waals surface area contributed by atoms with E-state index in [2.05, 4.69) is 11.9 Å². The van der Waals surface area contributed by atoms with Gasteiger partial charge in [0.2, 0.25) is 0 Å². The van der Waals surface area contributed by atoms with Gasteiger partial charge in [-0.2, -0.15) is 0 Å². The predicted molar refractivity (Wildman–Crippen MR) is 65.5 cm³/mol. The molecule has 92 valence electrons. The van der Waals surface area contributed by atoms with Gasteiger partial charge in [-0.1, -0.05) is 18.5 Å². The van der Waals surface area contributed by atoms with Crippen LogP contribution in [0.1, 0.15) is 19.2 Å². The minimum atomic E-state index is -0.489. The number of aromatic nitrogens is 1. The summed E-state index contributed by atoms with van der Waals surface area (Å²) in [5, 5.41) is 0.0627. The van der Waals surface area contributed by atoms with Crippen molar-refractivity contribution >= 4 is 22.7 Å². The zero-order valence-electron chi connectivity index (χ0n) is 9.54. The topological polar surface area (TPSA) is 52.0 Å². The van der Waals surface area contributed by atoms with Crippen LogP contribution in [0.3, 0.4) is 0 Å². The van der Waals surface area contributed by atoms with Crippen molar-refractivity contribution in [2.45, 2.75) is 19.8 Å². The first-order chi connectivity index (χ1) is 8.10. The van der Waals surface area contributed by atoms with Crippen molar-refractivity contribution in [2.24, 2.45) is 11.7 Å². The van der Waals surface area contributed by atoms with Crippen molar-refractivity contribution in [3.8, 4) is 0 Å². The van der Waals surface area contributed by atoms with Crippen LogP contribution in [0.4, 0.5) is 4.39 Å². The lowest BCUT2D eigenvalue weighted by Gasteiger charge is -2.04. The van der Waals surface area contributed by atoms with E-state index >= 15 is 0 Å². The SMILES string of the molecule is CC(CN)CCc1nc2cc(Cl)c(F)cc2o1. The van der Waals surface area contributed by atoms with Crippen LogP contribution in [0, 0.1) is 11.7 Å². The van der Waals surface area contributed by atoms with Crippen LogP contribution >= 0.6 is 11.6 Å². The standard InChI is InChI=1S/C12H14ClFN2O/c1-7(6-15)2-3-12-16-10-4-8(13)9(14)5-11(10)17-12/h4-5,7H,2-3,6,15H2,1H3. The summed E-state index contributed by atoms with van der Waals surface area (Å²) in [5.74, 6) is 0.532. The molecule has 0 bridgehead atoms. The first kappa shape index (κ1) is 12.3. The summed E-state index contributed by atoms with van der Waals surface area (Å²) in [6.45, 7) is 2.71. The van der Waals surface area contributed by atoms with Crippen molar-refractivity contribution in [2.75, 3.05) is 6.54 Å². The third-order valence-corrected chi connectivity index (χ3v) is 3.02. The van der Waals surface area contributed by atoms with E-state index in [9.17, 15) is 4.39 Å². The fourth-order valence-electron chi connectivity index (χ4n) is 1.57. The second-order valence-electron chi connectivity index (χ2n) is 4.22. The smallest absolute Gasteiger partial charge is 0.195 e. The third-order valence-electron chi connectivity index (χ3n) is 2.73. The van der Waals surface area contributed by atoms with Crippen molar-refractivity contribution in [1.82, 2.24) is 4.98 Å². The number of rotatable bonds is 4. The highest BCUT2D eigenvalue weighted by Gasteiger charge is 2.10. The van der Waals surface area contributed by atoms with Crippen LogP contribution < -0.4 is 5.73 Å². The van der Waals surface area contributed by atoms with Crippen LogP contribution in [0.25, 0.3) is 11.1 Å². The van der Waals surface area contributed by atoms with Gasteiger partial charge in [-0.05, 0) is 24.9 Å². The lowest BCUT2D eigenvalue weighted by atomic mass is 10.1. The molecule has 0 saturated heterocycles. The first-order valence-corrected chi connectivity index (χ1v) is 5.92. The van der Waals surface area contributed by atoms with Gasteiger partial charge >= 0.3 is 0 Å². The molecule has 1 unspecified atom stereocenters. The van der Waals surface area contributed by atoms with Gasteiger partial charge in [0.05, 0.1) is 5.02 Å². The van der Waals surface area contributed by atoms with E-state index < -0.39 is 5.82 Å². The highest BCUT2D eigenvalue weighted by Crippen LogP contribution is 2.24. The Labute approximate surface area is 104 Å². The number of oxazole rings is 1. The van der Waals surface area contributed by atoms with Gasteiger partial charge in [0.1, 0.15) is 11.3 Å². The van der Waals surface area contributed by atoms with Crippen LogP contribution in [0.5, 0.6) is 0 Å². The van der Waals surface area contributed by atoms with Gasteiger partial charge < -0.3 is 10.2 Å². The molecular formula is C12H14ClFN2O. The monoisotopic (exact) mass is 256 g/mol. The lowest BCUT2D eigenvalue weighted by molar-refractivity contribution is 0.470. The summed E-state index contributed by atoms with van der Waals surface area (Å²) in [5.41, 5.74) is 6.56. The van der Waals surface area contributed by atoms with E-state index in [4.69, 9.17) is 21.8 Å². The number of aryl methyl sites for hydroxylation is 1. The number of nitrogens with two attached hydrogens (primary N) is 1. The van der Waals surface area contributed by atoms with Gasteiger partial charge in [0.15, 0.2) is 11.5 Å². The molecule has 0 aliphatic rings. The van der Waals surface area contributed by atoms with E-state index in [1.54, 1.807) is 0 Å². The average Bonchev–Trinajstić information content (AvgIpc) is 2.68. The predicted octanol–water partition coefficient (Wildman–Crippen LogP) is 3.15. The Morgan fingerprint density at radius 1 is 1.53 bits per heavy atom. The minimum absolute atomic E-state index is 0.0627. The highest BCUT2D eigenvalue weighted by molar-refractivity contribution is 6.31. The van der Waals surface area contributed by atoms with Gasteiger partial charge in [-0.15, -0.1) is 0 Å². The molecule has 3 nitrogen and oxygen atoms in total. The summed E-state index contributed by atoms with van der Waals surface area (Å²) in [6, 6.07) is 2.74. The quantitative estimate of drug-likeness (QED) is 0.914. The molecule has 0 amide bonds. The molecule has 0 spiro atoms. The first-order valence-electron chi connectivity index (χ1n) is 5.54. The van der Waals surface area contributed by atoms with Gasteiger partial charge in [-0.3, -0.25) is 0 Å². The molecule has 0 radical (unpaired) electrons. The van der Waals surface area contributed by atoms with Crippen molar-refractivity contribution in [1.29, 1.82) is 0 Å². The maximum atomic E-state index is 13.2. The molecule has 2 N–H and O–H groups in total. The van der Waals surface area contributed by atoms with Crippen molar-refractivity contribution < 1.29 is 8.81 Å². The van der Waals surface area contributed by atoms with Gasteiger partial charge in [0.25, 0.3) is 0 Å². The number of nitrogens with zero attached hydrogens (tertiary/aromatic N) is 1. The number of hydrogen-bond donors (Lipinski definition) is 1. The fraction of sp³-hybridized carbons (Fsp3) is 0.417. The Hall–Kier alpha value is -1.13. The van der Waals surface area contributed by atoms with Crippen LogP contribution in [-0.2, 0) is 6.42 Å². The van der Waals surface area contributed by atoms with Crippen LogP contribution in [0.2, 0.25) is 5.02 Å². The number of halogens is 2. The number of benzene rings is 1. The average molecular weight is 257 g/mol. The Bertz CT molecular complexity index is 487. The van der Waals surface area contributed by atoms with Crippen LogP contribution in [-0.4, -0.2) is 11.5 Å². The summed E-state index contributed by atoms with van der Waals surface area (Å²) in [4.78, 5) is 4.26. The Morgan fingerprint density at radius 2 is 2.29 bits per heavy atom. The molecule has 0 saturated carbocycles. The Morgan fingerprint density at radius 3 is 3.00 bits per heavy atom. The summed E-state index contributed by atoms with van der Waals surface area (Å²) in [7, 11) is 0. The fourth-order valence-corrected chi connectivity index (χ4v) is 1.72. The molecule has 0 fully saturated rings. The normalized spacial score (nSPS) is 13.2. The summed E-state index contributed by atoms with van der Waals surface area (Å²) < 4.78 is 18.6. The molecule has 1 heterocycles. The van der Waals surface area contributed by atoms with Crippen molar-refractivity contribution in [3.05, 3.63) is 28.9 Å². The maximum absolute atomic E-state index is 13.2. The second kappa shape index (κ2) is 5.02. The molecule has 2 rings (SSSR count). The third kappa shape index (κ3) is 2.76. The molecule has 5 heteroatoms. The molecule has 2 aromatic rings. The number of hydrogen-bond acceptors (Lipinski definition) is 3. The van der Waals surface area contributed by atoms with E-state index in [0.29, 0.717) is 35.9 Å². The van der Waals surface area contributed by atoms with E-state index in [-0.39, 0.29) is 5.02 Å². The Balaban J connectivity index is 2.20. The highest BCUT2D eigenvalue weighted by atomic mass is 35.5. The van der Waals surface area contributed by atoms with E-state index in [1.165, 1.54) is 12.1 Å². The molecule has 1 aromatic heterocycles. The Kier molecular flexibility index (Phi) is 3.64. The molecule has 1 aromatic carbocycles. The van der Waals surface area contributed by atoms with Crippen LogP contribution in [0.15, 0.2) is 16.5 Å². The zero-order valence-corrected chi connectivity index (χ0v) is 10.3. The molecule has 0 aliphatic heterocycles. The molecule has 17 heavy (non-hydrogen) atoms. The lowest BCUT2D eigenvalue weighted by Crippen LogP contribution is -2.11. The molecule has 0 aliphatic carbocycles. The minimum Gasteiger partial charge on any atom is -0.441 e. The molecule has 1 atom stereocenters. The van der Waals surface area contributed by atoms with E-state index in [1.807, 2.05) is 0 Å². The number of fused-ring (bicyclic) bond motifs is 1. The van der Waals surface area contributed by atoms with Gasteiger partial charge in [0, 0.05) is 12.5 Å². The largest absolute Gasteiger partial charge is 0.441 e. The molecular weight excluding hydrogens is 243 g/mol. The maximum Gasteiger partial charge on any atom is 0.195 e. The summed E-state index contributed by atoms with van der Waals surface area (Å²) >= 11 is 5.67. The van der Waals surface area contributed by atoms with E-state index in [0.717, 1.165) is 6.42 Å². The summed E-state index contributed by atoms with van der Waals surface area (Å²) in [6.07, 6.45) is 1.60. The van der Waals surface area contributed by atoms with Crippen molar-refractivity contribution in [3.63, 3.8) is 0 Å².